The molecule has 3 aliphatic rings. The van der Waals surface area contributed by atoms with Crippen molar-refractivity contribution in [3.05, 3.63) is 47.6 Å². The van der Waals surface area contributed by atoms with Crippen molar-refractivity contribution < 1.29 is 22.3 Å². The summed E-state index contributed by atoms with van der Waals surface area (Å²) in [4.78, 5) is 0. The van der Waals surface area contributed by atoms with Gasteiger partial charge in [-0.25, -0.2) is 8.42 Å². The summed E-state index contributed by atoms with van der Waals surface area (Å²) in [6.45, 7) is 8.35. The lowest BCUT2D eigenvalue weighted by atomic mass is 9.61. The summed E-state index contributed by atoms with van der Waals surface area (Å²) >= 11 is 0. The van der Waals surface area contributed by atoms with Crippen LogP contribution in [-0.2, 0) is 9.84 Å². The van der Waals surface area contributed by atoms with Crippen LogP contribution in [-0.4, -0.2) is 31.1 Å². The molecule has 3 saturated carbocycles. The Hall–Kier alpha value is -1.27. The van der Waals surface area contributed by atoms with Crippen LogP contribution in [0.25, 0.3) is 0 Å². The molecule has 3 rings (SSSR count). The lowest BCUT2D eigenvalue weighted by Crippen LogP contribution is -2.35. The third kappa shape index (κ3) is 5.05. The second-order valence-electron chi connectivity index (χ2n) is 10.1. The zero-order valence-electron chi connectivity index (χ0n) is 18.9. The van der Waals surface area contributed by atoms with Gasteiger partial charge in [0.15, 0.2) is 0 Å². The van der Waals surface area contributed by atoms with Gasteiger partial charge in [0.1, 0.15) is 0 Å². The second kappa shape index (κ2) is 8.93. The van der Waals surface area contributed by atoms with Crippen LogP contribution in [0, 0.1) is 23.2 Å². The number of hydrogen-bond acceptors (Lipinski definition) is 3. The number of halogens is 2. The van der Waals surface area contributed by atoms with Gasteiger partial charge in [0.25, 0.3) is 0 Å². The zero-order chi connectivity index (χ0) is 23.0. The Morgan fingerprint density at radius 3 is 2.61 bits per heavy atom. The maximum absolute atomic E-state index is 13.9. The Balaban J connectivity index is 1.78. The molecule has 0 aromatic rings. The third-order valence-corrected chi connectivity index (χ3v) is 9.07. The standard InChI is InChI=1S/C25H36F2O3S/c1-17-7-10-21(28)16-20(17)9-8-19-6-5-14-24(3)22(11-12-23(19)24)18(2)13-15-25(26,27)31(4,29)30/h8-9,13,15,18,21-23,28H,1,5-7,10-12,14,16H2,2-4H3/b15-13+,19-8+,20-9-/t18?,21-,22?,23-,24+/m0/s1. The number of rotatable bonds is 5. The van der Waals surface area contributed by atoms with E-state index >= 15 is 0 Å². The number of sulfone groups is 1. The lowest BCUT2D eigenvalue weighted by Gasteiger charge is -2.44. The fourth-order valence-corrected chi connectivity index (χ4v) is 6.39. The summed E-state index contributed by atoms with van der Waals surface area (Å²) in [6.07, 6.45) is 14.0. The summed E-state index contributed by atoms with van der Waals surface area (Å²) in [5.41, 5.74) is 3.67. The summed E-state index contributed by atoms with van der Waals surface area (Å²) in [7, 11) is -4.46. The molecule has 0 bridgehead atoms. The van der Waals surface area contributed by atoms with Crippen molar-refractivity contribution in [3.63, 3.8) is 0 Å². The van der Waals surface area contributed by atoms with Crippen molar-refractivity contribution in [2.24, 2.45) is 23.2 Å². The van der Waals surface area contributed by atoms with E-state index in [2.05, 4.69) is 25.7 Å². The first-order chi connectivity index (χ1) is 14.3. The molecule has 0 saturated heterocycles. The molecule has 3 aliphatic carbocycles. The van der Waals surface area contributed by atoms with Crippen molar-refractivity contribution in [2.45, 2.75) is 76.6 Å². The highest BCUT2D eigenvalue weighted by atomic mass is 32.2. The molecular weight excluding hydrogens is 418 g/mol. The van der Waals surface area contributed by atoms with E-state index in [1.165, 1.54) is 11.6 Å². The molecule has 0 aromatic carbocycles. The number of allylic oxidation sites excluding steroid dienone is 5. The molecule has 5 atom stereocenters. The smallest absolute Gasteiger partial charge is 0.363 e. The average molecular weight is 455 g/mol. The highest BCUT2D eigenvalue weighted by molar-refractivity contribution is 7.91. The largest absolute Gasteiger partial charge is 0.393 e. The third-order valence-electron chi connectivity index (χ3n) is 7.95. The summed E-state index contributed by atoms with van der Waals surface area (Å²) < 4.78 is 50.4. The van der Waals surface area contributed by atoms with E-state index in [4.69, 9.17) is 0 Å². The first-order valence-corrected chi connectivity index (χ1v) is 13.3. The molecule has 0 aromatic heterocycles. The van der Waals surface area contributed by atoms with Gasteiger partial charge in [-0.15, -0.1) is 0 Å². The van der Waals surface area contributed by atoms with Crippen LogP contribution >= 0.6 is 0 Å². The Bertz CT molecular complexity index is 900. The van der Waals surface area contributed by atoms with Crippen LogP contribution in [0.15, 0.2) is 47.6 Å². The second-order valence-corrected chi connectivity index (χ2v) is 12.2. The summed E-state index contributed by atoms with van der Waals surface area (Å²) in [5.74, 6) is 0.539. The first-order valence-electron chi connectivity index (χ1n) is 11.4. The predicted molar refractivity (Wildman–Crippen MR) is 121 cm³/mol. The number of alkyl halides is 2. The molecule has 31 heavy (non-hydrogen) atoms. The van der Waals surface area contributed by atoms with Gasteiger partial charge >= 0.3 is 5.25 Å². The molecule has 0 heterocycles. The topological polar surface area (TPSA) is 54.4 Å². The molecule has 3 nitrogen and oxygen atoms in total. The molecule has 0 spiro atoms. The van der Waals surface area contributed by atoms with Crippen molar-refractivity contribution >= 4 is 9.84 Å². The van der Waals surface area contributed by atoms with Crippen LogP contribution in [0.3, 0.4) is 0 Å². The van der Waals surface area contributed by atoms with Gasteiger partial charge in [-0.1, -0.05) is 49.8 Å². The molecule has 174 valence electrons. The number of aliphatic hydroxyl groups is 1. The minimum atomic E-state index is -4.46. The molecule has 0 radical (unpaired) electrons. The molecule has 6 heteroatoms. The minimum Gasteiger partial charge on any atom is -0.393 e. The Labute approximate surface area is 185 Å². The highest BCUT2D eigenvalue weighted by Gasteiger charge is 2.50. The first kappa shape index (κ1) is 24.4. The normalized spacial score (nSPS) is 36.3. The number of fused-ring (bicyclic) bond motifs is 1. The van der Waals surface area contributed by atoms with Gasteiger partial charge in [0.2, 0.25) is 9.84 Å². The van der Waals surface area contributed by atoms with Crippen LogP contribution in [0.2, 0.25) is 0 Å². The van der Waals surface area contributed by atoms with Crippen LogP contribution in [0.5, 0.6) is 0 Å². The molecule has 2 unspecified atom stereocenters. The Morgan fingerprint density at radius 1 is 1.23 bits per heavy atom. The van der Waals surface area contributed by atoms with Crippen LogP contribution < -0.4 is 0 Å². The molecule has 1 N–H and O–H groups in total. The van der Waals surface area contributed by atoms with Crippen LogP contribution in [0.4, 0.5) is 8.78 Å². The lowest BCUT2D eigenvalue weighted by molar-refractivity contribution is 0.110. The molecule has 0 amide bonds. The van der Waals surface area contributed by atoms with Gasteiger partial charge in [0, 0.05) is 6.26 Å². The van der Waals surface area contributed by atoms with E-state index in [1.54, 1.807) is 0 Å². The summed E-state index contributed by atoms with van der Waals surface area (Å²) in [5, 5.41) is 6.16. The van der Waals surface area contributed by atoms with Crippen LogP contribution in [0.1, 0.15) is 65.2 Å². The summed E-state index contributed by atoms with van der Waals surface area (Å²) in [6, 6.07) is 0. The number of hydrogen-bond donors (Lipinski definition) is 1. The van der Waals surface area contributed by atoms with Crippen molar-refractivity contribution in [2.75, 3.05) is 6.26 Å². The van der Waals surface area contributed by atoms with E-state index < -0.39 is 15.1 Å². The maximum atomic E-state index is 13.9. The maximum Gasteiger partial charge on any atom is 0.363 e. The highest BCUT2D eigenvalue weighted by Crippen LogP contribution is 2.59. The quantitative estimate of drug-likeness (QED) is 0.520. The fourth-order valence-electron chi connectivity index (χ4n) is 6.06. The van der Waals surface area contributed by atoms with Crippen molar-refractivity contribution in [1.82, 2.24) is 0 Å². The zero-order valence-corrected chi connectivity index (χ0v) is 19.7. The Morgan fingerprint density at radius 2 is 1.94 bits per heavy atom. The van der Waals surface area contributed by atoms with Gasteiger partial charge in [-0.3, -0.25) is 0 Å². The number of aliphatic hydroxyl groups excluding tert-OH is 1. The van der Waals surface area contributed by atoms with E-state index in [-0.39, 0.29) is 23.4 Å². The predicted octanol–water partition coefficient (Wildman–Crippen LogP) is 5.99. The van der Waals surface area contributed by atoms with E-state index in [9.17, 15) is 22.3 Å². The SMILES string of the molecule is C=C1CC[C@H](O)C/C1=C/C=C1\CCC[C@]2(C)C(C(C)/C=C/C(F)(F)S(C)(=O)=O)CC[C@@H]12. The fraction of sp³-hybridized carbons (Fsp3) is 0.680. The van der Waals surface area contributed by atoms with Gasteiger partial charge < -0.3 is 5.11 Å². The molecule has 0 aliphatic heterocycles. The molecular formula is C25H36F2O3S. The van der Waals surface area contributed by atoms with E-state index in [0.29, 0.717) is 24.7 Å². The van der Waals surface area contributed by atoms with E-state index in [0.717, 1.165) is 56.1 Å². The van der Waals surface area contributed by atoms with Gasteiger partial charge in [0.05, 0.1) is 6.10 Å². The molecule has 3 fully saturated rings. The van der Waals surface area contributed by atoms with Gasteiger partial charge in [-0.2, -0.15) is 8.78 Å². The monoisotopic (exact) mass is 454 g/mol. The van der Waals surface area contributed by atoms with Crippen molar-refractivity contribution in [1.29, 1.82) is 0 Å². The Kier molecular flexibility index (Phi) is 7.02. The minimum absolute atomic E-state index is 0.0236. The van der Waals surface area contributed by atoms with Gasteiger partial charge in [-0.05, 0) is 86.2 Å². The van der Waals surface area contributed by atoms with E-state index in [1.807, 2.05) is 6.92 Å². The van der Waals surface area contributed by atoms with Crippen molar-refractivity contribution in [3.8, 4) is 0 Å². The average Bonchev–Trinajstić information content (AvgIpc) is 3.03.